The minimum Gasteiger partial charge on any atom is -0.0622 e. The molecule has 6 rings (SSSR count). The predicted molar refractivity (Wildman–Crippen MR) is 167 cm³/mol. The summed E-state index contributed by atoms with van der Waals surface area (Å²) in [5.41, 5.74) is 1.75. The van der Waals surface area contributed by atoms with Gasteiger partial charge in [-0.1, -0.05) is 154 Å². The number of rotatable bonds is 6. The number of hydrogen-bond donors (Lipinski definition) is 0. The van der Waals surface area contributed by atoms with E-state index in [1.165, 1.54) is 44.9 Å². The lowest BCUT2D eigenvalue weighted by molar-refractivity contribution is 0.621. The molecule has 0 saturated heterocycles. The molecule has 4 aromatic rings. The molecule has 0 bridgehead atoms. The lowest BCUT2D eigenvalue weighted by Gasteiger charge is -2.28. The minimum absolute atomic E-state index is 0.152. The maximum Gasteiger partial charge on any atom is -0.0103 e. The summed E-state index contributed by atoms with van der Waals surface area (Å²) in [7, 11) is -0.343. The van der Waals surface area contributed by atoms with Crippen LogP contribution in [-0.2, 0) is 0 Å². The Morgan fingerprint density at radius 1 is 0.432 bits per heavy atom. The summed E-state index contributed by atoms with van der Waals surface area (Å²) in [4.78, 5) is 0. The van der Waals surface area contributed by atoms with Gasteiger partial charge in [0.2, 0.25) is 0 Å². The molecule has 4 aromatic carbocycles. The molecular weight excluding hydrogens is 482 g/mol. The molecule has 0 amide bonds. The molecule has 0 aromatic heterocycles. The molecule has 2 unspecified atom stereocenters. The third kappa shape index (κ3) is 6.79. The highest BCUT2D eigenvalue weighted by Gasteiger charge is 2.32. The van der Waals surface area contributed by atoms with Gasteiger partial charge < -0.3 is 0 Å². The van der Waals surface area contributed by atoms with Crippen LogP contribution in [-0.4, -0.2) is 11.3 Å². The predicted octanol–water partition coefficient (Wildman–Crippen LogP) is 8.37. The Morgan fingerprint density at radius 2 is 0.811 bits per heavy atom. The van der Waals surface area contributed by atoms with Crippen LogP contribution in [0.1, 0.15) is 51.9 Å². The van der Waals surface area contributed by atoms with Gasteiger partial charge in [-0.25, -0.2) is 0 Å². The molecule has 0 N–H and O–H groups in total. The van der Waals surface area contributed by atoms with E-state index in [-0.39, 0.29) is 15.8 Å². The highest BCUT2D eigenvalue weighted by molar-refractivity contribution is 7.74. The first kappa shape index (κ1) is 26.4. The Hall–Kier alpha value is -2.26. The van der Waals surface area contributed by atoms with Gasteiger partial charge in [0.15, 0.2) is 0 Å². The van der Waals surface area contributed by atoms with E-state index >= 15 is 0 Å². The second-order valence-electron chi connectivity index (χ2n) is 10.5. The normalized spacial score (nSPS) is 19.6. The molecule has 2 aliphatic rings. The molecule has 0 radical (unpaired) electrons. The molecule has 2 aliphatic carbocycles. The molecule has 2 atom stereocenters. The zero-order chi connectivity index (χ0) is 25.3. The van der Waals surface area contributed by atoms with Crippen molar-refractivity contribution in [2.75, 3.05) is 0 Å². The molecule has 2 saturated carbocycles. The van der Waals surface area contributed by atoms with Crippen molar-refractivity contribution in [3.05, 3.63) is 121 Å². The van der Waals surface area contributed by atoms with Crippen LogP contribution < -0.4 is 21.2 Å². The van der Waals surface area contributed by atoms with E-state index in [9.17, 15) is 0 Å². The Morgan fingerprint density at radius 3 is 1.16 bits per heavy atom. The summed E-state index contributed by atoms with van der Waals surface area (Å²) in [5, 5.41) is 6.18. The quantitative estimate of drug-likeness (QED) is 0.223. The van der Waals surface area contributed by atoms with Gasteiger partial charge in [0.05, 0.1) is 0 Å². The zero-order valence-electron chi connectivity index (χ0n) is 22.1. The highest BCUT2D eigenvalue weighted by atomic mass is 31.1. The summed E-state index contributed by atoms with van der Waals surface area (Å²) in [5.74, 6) is 0.867. The Bertz CT molecular complexity index is 1090. The molecule has 0 aliphatic heterocycles. The first-order valence-corrected chi connectivity index (χ1v) is 16.9. The molecule has 0 spiro atoms. The average molecular weight is 523 g/mol. The Kier molecular flexibility index (Phi) is 9.62. The van der Waals surface area contributed by atoms with Gasteiger partial charge in [-0.2, -0.15) is 0 Å². The van der Waals surface area contributed by atoms with Crippen molar-refractivity contribution in [2.24, 2.45) is 5.92 Å². The van der Waals surface area contributed by atoms with Crippen LogP contribution in [0.4, 0.5) is 0 Å². The first-order valence-electron chi connectivity index (χ1n) is 14.1. The van der Waals surface area contributed by atoms with E-state index in [0.717, 1.165) is 17.2 Å². The van der Waals surface area contributed by atoms with Crippen molar-refractivity contribution < 1.29 is 0 Å². The standard InChI is InChI=1S/C18H21P.C17H19P/c1-15-9-8-14-18(15)19(16-10-4-2-5-11-16)17-12-6-3-7-13-17;1-3-9-15(10-4-1)18(17-13-7-8-14-17)16-11-5-2-6-12-16/h2-7,10-13,15,18H,8-9,14H2,1H3;1-6,9-12,17H,7-8,13-14H2. The second-order valence-corrected chi connectivity index (χ2v) is 15.4. The van der Waals surface area contributed by atoms with E-state index < -0.39 is 0 Å². The first-order chi connectivity index (χ1) is 18.3. The smallest absolute Gasteiger partial charge is 0.0103 e. The van der Waals surface area contributed by atoms with Crippen molar-refractivity contribution in [3.8, 4) is 0 Å². The van der Waals surface area contributed by atoms with Crippen LogP contribution in [0, 0.1) is 5.92 Å². The van der Waals surface area contributed by atoms with Gasteiger partial charge in [0, 0.05) is 0 Å². The maximum atomic E-state index is 2.44. The van der Waals surface area contributed by atoms with E-state index in [1.54, 1.807) is 21.2 Å². The summed E-state index contributed by atoms with van der Waals surface area (Å²) in [6, 6.07) is 44.5. The van der Waals surface area contributed by atoms with Gasteiger partial charge in [0.25, 0.3) is 0 Å². The van der Waals surface area contributed by atoms with E-state index in [0.29, 0.717) is 0 Å². The minimum atomic E-state index is -0.191. The third-order valence-electron chi connectivity index (χ3n) is 7.98. The Balaban J connectivity index is 0.000000152. The van der Waals surface area contributed by atoms with Gasteiger partial charge in [-0.15, -0.1) is 0 Å². The second kappa shape index (κ2) is 13.5. The fourth-order valence-electron chi connectivity index (χ4n) is 6.13. The van der Waals surface area contributed by atoms with E-state index in [1.807, 2.05) is 0 Å². The van der Waals surface area contributed by atoms with Crippen molar-refractivity contribution >= 4 is 37.1 Å². The van der Waals surface area contributed by atoms with E-state index in [4.69, 9.17) is 0 Å². The van der Waals surface area contributed by atoms with Crippen LogP contribution in [0.2, 0.25) is 0 Å². The fourth-order valence-corrected chi connectivity index (χ4v) is 12.3. The molecule has 37 heavy (non-hydrogen) atoms. The molecule has 2 fully saturated rings. The van der Waals surface area contributed by atoms with Crippen LogP contribution in [0.15, 0.2) is 121 Å². The highest BCUT2D eigenvalue weighted by Crippen LogP contribution is 2.50. The molecule has 0 nitrogen and oxygen atoms in total. The third-order valence-corrected chi connectivity index (χ3v) is 14.1. The zero-order valence-corrected chi connectivity index (χ0v) is 23.9. The van der Waals surface area contributed by atoms with Gasteiger partial charge in [-0.3, -0.25) is 0 Å². The summed E-state index contributed by atoms with van der Waals surface area (Å²) < 4.78 is 0. The number of benzene rings is 4. The van der Waals surface area contributed by atoms with Gasteiger partial charge in [0.1, 0.15) is 0 Å². The summed E-state index contributed by atoms with van der Waals surface area (Å²) in [6.45, 7) is 2.44. The topological polar surface area (TPSA) is 0 Å². The van der Waals surface area contributed by atoms with Crippen molar-refractivity contribution in [1.29, 1.82) is 0 Å². The van der Waals surface area contributed by atoms with Crippen LogP contribution in [0.3, 0.4) is 0 Å². The summed E-state index contributed by atoms with van der Waals surface area (Å²) >= 11 is 0. The lowest BCUT2D eigenvalue weighted by Crippen LogP contribution is -2.23. The van der Waals surface area contributed by atoms with Crippen LogP contribution in [0.5, 0.6) is 0 Å². The van der Waals surface area contributed by atoms with Crippen molar-refractivity contribution in [1.82, 2.24) is 0 Å². The maximum absolute atomic E-state index is 2.44. The van der Waals surface area contributed by atoms with Gasteiger partial charge >= 0.3 is 0 Å². The largest absolute Gasteiger partial charge is 0.0622 e. The fraction of sp³-hybridized carbons (Fsp3) is 0.314. The van der Waals surface area contributed by atoms with Crippen molar-refractivity contribution in [2.45, 2.75) is 63.2 Å². The molecule has 2 heteroatoms. The summed E-state index contributed by atoms with van der Waals surface area (Å²) in [6.07, 6.45) is 9.88. The monoisotopic (exact) mass is 522 g/mol. The van der Waals surface area contributed by atoms with Gasteiger partial charge in [-0.05, 0) is 73.6 Å². The Labute approximate surface area is 227 Å². The number of hydrogen-bond acceptors (Lipinski definition) is 0. The molecule has 0 heterocycles. The average Bonchev–Trinajstić information content (AvgIpc) is 3.65. The van der Waals surface area contributed by atoms with E-state index in [2.05, 4.69) is 128 Å². The molecule has 190 valence electrons. The molecular formula is C35H40P2. The SMILES string of the molecule is CC1CCCC1P(c1ccccc1)c1ccccc1.c1ccc(P(c2ccccc2)C2CCCC2)cc1. The van der Waals surface area contributed by atoms with Crippen molar-refractivity contribution in [3.63, 3.8) is 0 Å². The van der Waals surface area contributed by atoms with Crippen LogP contribution >= 0.6 is 15.8 Å². The lowest BCUT2D eigenvalue weighted by atomic mass is 10.1. The van der Waals surface area contributed by atoms with Crippen LogP contribution in [0.25, 0.3) is 0 Å².